The largest absolute Gasteiger partial charge is 0.508 e. The fraction of sp³-hybridized carbons (Fsp3) is 0.452. The first-order valence-electron chi connectivity index (χ1n) is 41.7. The van der Waals surface area contributed by atoms with Crippen LogP contribution in [0.25, 0.3) is 0 Å². The molecule has 0 aliphatic heterocycles. The molecule has 3 aromatic carbocycles. The van der Waals surface area contributed by atoms with E-state index in [9.17, 15) is 64.1 Å². The van der Waals surface area contributed by atoms with Gasteiger partial charge in [-0.2, -0.15) is 39.5 Å². The molecular formula is C42H52B69F9O11. The number of halogens is 9. The van der Waals surface area contributed by atoms with Crippen molar-refractivity contribution >= 4 is 512 Å². The first kappa shape index (κ1) is 132. The Kier molecular flexibility index (Phi) is 65.7. The summed E-state index contributed by atoms with van der Waals surface area (Å²) in [5.74, 6) is -2.97. The molecule has 0 fully saturated rings. The van der Waals surface area contributed by atoms with Gasteiger partial charge in [-0.3, -0.25) is 9.59 Å². The van der Waals surface area contributed by atoms with Crippen LogP contribution in [0.3, 0.4) is 0 Å². The molecule has 0 saturated carbocycles. The van der Waals surface area contributed by atoms with Gasteiger partial charge in [-0.05, 0) is 105 Å². The van der Waals surface area contributed by atoms with Gasteiger partial charge in [-0.1, -0.05) is 42.5 Å². The highest BCUT2D eigenvalue weighted by molar-refractivity contribution is 8.39. The topological polar surface area (TPSA) is 180 Å². The number of phenols is 3. The first-order valence-corrected chi connectivity index (χ1v) is 41.7. The number of hydrogen-bond donors (Lipinski definition) is 5. The maximum atomic E-state index is 12.3. The molecule has 5 N–H and O–H groups in total. The number of alkyl halides is 9. The van der Waals surface area contributed by atoms with Crippen molar-refractivity contribution in [3.05, 3.63) is 96.1 Å². The van der Waals surface area contributed by atoms with Gasteiger partial charge in [0.15, 0.2) is 0 Å². The Balaban J connectivity index is 0. The molecule has 89 heteroatoms. The summed E-state index contributed by atoms with van der Waals surface area (Å²) in [7, 11) is 233. The summed E-state index contributed by atoms with van der Waals surface area (Å²) >= 11 is 0. The Morgan fingerprint density at radius 1 is 0.321 bits per heavy atom. The SMILES string of the molecule is CCOC(=O)/C=C/CCC(F)(F)F.CCOC(=O)C[C@@H](CCC(F)(F)F)c1cccc(O)c1.CCOC(=O)C[C@H](CCC(F)(F)F)c1cccc(O)c1.OB(O)c1cccc(O)c1.[B]B([B])B([B])B(B(B([B])[B])B([B])[B])B(B(B([B])[B])B([B])[B])B(B(B(B([B])[B])B([B])[B])B(B([B])[B])B([B])[B])B(B(B(B([B])[B])B([B])[B])B(B([B])[B])B([B])[B])B(B(B([B])[B])B([B])[B])B(B([B])[B])B([B])[B]. The van der Waals surface area contributed by atoms with Gasteiger partial charge < -0.3 is 39.6 Å². The van der Waals surface area contributed by atoms with Crippen LogP contribution >= 0.6 is 0 Å². The van der Waals surface area contributed by atoms with Crippen molar-refractivity contribution in [2.45, 2.75) is 103 Å². The highest BCUT2D eigenvalue weighted by atomic mass is 19.4. The predicted octanol–water partition coefficient (Wildman–Crippen LogP) is -16.8. The second kappa shape index (κ2) is 65.2. The average Bonchev–Trinajstić information content (AvgIpc) is 0.719. The highest BCUT2D eigenvalue weighted by Gasteiger charge is 2.64. The molecule has 3 rings (SSSR count). The zero-order chi connectivity index (χ0) is 102. The fourth-order valence-electron chi connectivity index (χ4n) is 17.0. The normalized spacial score (nSPS) is 10.9. The number of carbonyl (C=O) groups excluding carboxylic acids is 3. The maximum Gasteiger partial charge on any atom is 0.488 e. The lowest BCUT2D eigenvalue weighted by atomic mass is 8.21. The van der Waals surface area contributed by atoms with Crippen molar-refractivity contribution in [2.24, 2.45) is 0 Å². The summed E-state index contributed by atoms with van der Waals surface area (Å²) in [5.41, 5.74) is 1.30. The summed E-state index contributed by atoms with van der Waals surface area (Å²) in [6, 6.07) is 17.7. The van der Waals surface area contributed by atoms with Crippen molar-refractivity contribution in [1.82, 2.24) is 0 Å². The summed E-state index contributed by atoms with van der Waals surface area (Å²) < 4.78 is 123. The molecule has 0 saturated heterocycles. The van der Waals surface area contributed by atoms with Crippen molar-refractivity contribution in [2.75, 3.05) is 19.8 Å². The number of hydrogen-bond acceptors (Lipinski definition) is 11. The third kappa shape index (κ3) is 49.0. The lowest BCUT2D eigenvalue weighted by molar-refractivity contribution is -0.146. The van der Waals surface area contributed by atoms with Crippen LogP contribution in [0.15, 0.2) is 84.9 Å². The minimum Gasteiger partial charge on any atom is -0.508 e. The van der Waals surface area contributed by atoms with Crippen LogP contribution in [-0.4, -0.2) is 570 Å². The molecule has 0 bridgehead atoms. The third-order valence-corrected chi connectivity index (χ3v) is 22.2. The standard InChI is InChI=1S/2C14H17F3O3.C8H11F3O2.C6H7BO3.B68/c2*1-2-20-13(19)9-11(6-7-14(15,16)17)10-4-3-5-12(18)8-10;1-2-13-7(12)5-3-4-6-8(9,10)11;8-6-3-1-2-5(4-6)7(9)10;1-36(2)53(35)62(54(37(3)4)38(5)6)66(61(51(31)32)52(33)34)68(65(59(47(23)24)48(25)26)60(49(27)28)50(29)30)67(63(55(39(7)8)40(9)10)56(41(11)12)42(13)14)64(57(43(15)16)44(17)18)58(45(19)20)46(21)22/h2*3-5,8,11,18H,2,6-7,9H2,1H3;3,5H,2,4,6H2,1H3;1-4,8-10H;/b;;5-3+;;/t2*11-;;;/m10.../s1. The molecule has 0 amide bonds. The fourth-order valence-corrected chi connectivity index (χ4v) is 17.0. The Labute approximate surface area is 834 Å². The van der Waals surface area contributed by atoms with Gasteiger partial charge in [0.25, 0.3) is 0 Å². The van der Waals surface area contributed by atoms with Crippen molar-refractivity contribution in [1.29, 1.82) is 0 Å². The number of benzene rings is 3. The molecule has 0 unspecified atom stereocenters. The van der Waals surface area contributed by atoms with Crippen molar-refractivity contribution < 1.29 is 93.5 Å². The van der Waals surface area contributed by atoms with E-state index in [2.05, 4.69) is 4.74 Å². The first-order chi connectivity index (χ1) is 60.2. The van der Waals surface area contributed by atoms with Gasteiger partial charge in [0, 0.05) is 507 Å². The second-order valence-electron chi connectivity index (χ2n) is 32.2. The maximum absolute atomic E-state index is 12.3. The van der Waals surface area contributed by atoms with E-state index >= 15 is 0 Å². The summed E-state index contributed by atoms with van der Waals surface area (Å²) in [5, 5.41) is 44.8. The molecule has 2 atom stereocenters. The number of carbonyl (C=O) groups is 3. The van der Waals surface area contributed by atoms with Gasteiger partial charge in [-0.25, -0.2) is 4.79 Å². The number of allylic oxidation sites excluding steroid dienone is 1. The molecule has 3 aromatic rings. The monoisotopic (exact) mass is 1660 g/mol. The van der Waals surface area contributed by atoms with E-state index in [1.807, 2.05) is 0 Å². The molecule has 0 aliphatic rings. The number of aromatic hydroxyl groups is 3. The molecule has 0 heterocycles. The molecule has 556 valence electrons. The van der Waals surface area contributed by atoms with Crippen molar-refractivity contribution in [3.8, 4) is 17.2 Å². The Bertz CT molecular complexity index is 3400. The minimum absolute atomic E-state index is 0.0330. The van der Waals surface area contributed by atoms with Gasteiger partial charge >= 0.3 is 43.6 Å². The number of rotatable bonds is 49. The minimum atomic E-state index is -4.27. The van der Waals surface area contributed by atoms with Gasteiger partial charge in [0.1, 0.15) is 17.2 Å². The highest BCUT2D eigenvalue weighted by Crippen LogP contribution is 2.35. The lowest BCUT2D eigenvalue weighted by Gasteiger charge is -2.60. The Morgan fingerprint density at radius 3 is 0.756 bits per heavy atom. The van der Waals surface area contributed by atoms with Crippen LogP contribution in [0.1, 0.15) is 95.1 Å². The number of ether oxygens (including phenoxy) is 3. The quantitative estimate of drug-likeness (QED) is 0.0119. The van der Waals surface area contributed by atoms with E-state index in [4.69, 9.17) is 295 Å². The van der Waals surface area contributed by atoms with Crippen LogP contribution in [0, 0.1) is 0 Å². The van der Waals surface area contributed by atoms with Crippen LogP contribution in [0.2, 0.25) is 0 Å². The summed E-state index contributed by atoms with van der Waals surface area (Å²) in [4.78, 5) is 33.5. The smallest absolute Gasteiger partial charge is 0.488 e. The second-order valence-corrected chi connectivity index (χ2v) is 32.2. The molecular weight excluding hydrogens is 1600 g/mol. The van der Waals surface area contributed by atoms with Crippen LogP contribution in [-0.2, 0) is 28.6 Å². The van der Waals surface area contributed by atoms with E-state index < -0.39 is 285 Å². The van der Waals surface area contributed by atoms with Crippen molar-refractivity contribution in [3.63, 3.8) is 0 Å². The lowest BCUT2D eigenvalue weighted by Crippen LogP contribution is -2.98. The predicted molar refractivity (Wildman–Crippen MR) is 605 cm³/mol. The van der Waals surface area contributed by atoms with E-state index in [0.717, 1.165) is 12.2 Å². The van der Waals surface area contributed by atoms with E-state index in [0.29, 0.717) is 16.6 Å². The van der Waals surface area contributed by atoms with E-state index in [1.54, 1.807) is 39.0 Å². The Morgan fingerprint density at radius 2 is 0.550 bits per heavy atom. The summed E-state index contributed by atoms with van der Waals surface area (Å²) in [6.07, 6.45) is -64.9. The van der Waals surface area contributed by atoms with Gasteiger partial charge in [0.2, 0.25) is 0 Å². The van der Waals surface area contributed by atoms with Crippen LogP contribution < -0.4 is 5.46 Å². The third-order valence-electron chi connectivity index (χ3n) is 22.2. The average molecular weight is 1650 g/mol. The molecule has 11 nitrogen and oxygen atoms in total. The van der Waals surface area contributed by atoms with Crippen LogP contribution in [0.4, 0.5) is 39.5 Å². The summed E-state index contributed by atoms with van der Waals surface area (Å²) in [6.45, 7) is 5.49. The number of esters is 3. The molecule has 70 radical (unpaired) electrons. The molecule has 131 heavy (non-hydrogen) atoms. The van der Waals surface area contributed by atoms with Gasteiger partial charge in [0.05, 0.1) is 32.7 Å². The molecule has 0 aromatic heterocycles. The van der Waals surface area contributed by atoms with Crippen LogP contribution in [0.5, 0.6) is 17.2 Å². The zero-order valence-electron chi connectivity index (χ0n) is 73.9. The Hall–Kier alpha value is -1.02. The molecule has 0 aliphatic carbocycles. The van der Waals surface area contributed by atoms with E-state index in [1.165, 1.54) is 54.6 Å². The number of phenolic OH excluding ortho intramolecular Hbond substituents is 3. The molecule has 0 spiro atoms. The van der Waals surface area contributed by atoms with E-state index in [-0.39, 0.29) is 69.2 Å². The zero-order valence-corrected chi connectivity index (χ0v) is 73.9. The van der Waals surface area contributed by atoms with Gasteiger partial charge in [-0.15, -0.1) is 0 Å².